The van der Waals surface area contributed by atoms with E-state index >= 15 is 0 Å². The van der Waals surface area contributed by atoms with Gasteiger partial charge in [0.25, 0.3) is 0 Å². The van der Waals surface area contributed by atoms with Crippen LogP contribution >= 0.6 is 0 Å². The fourth-order valence-corrected chi connectivity index (χ4v) is 2.08. The molecule has 0 amide bonds. The third kappa shape index (κ3) is 1.74. The Morgan fingerprint density at radius 2 is 1.89 bits per heavy atom. The number of rotatable bonds is 1. The highest BCUT2D eigenvalue weighted by Crippen LogP contribution is 2.25. The van der Waals surface area contributed by atoms with Gasteiger partial charge in [0.1, 0.15) is 11.3 Å². The molecule has 0 unspecified atom stereocenters. The van der Waals surface area contributed by atoms with Crippen LogP contribution in [-0.4, -0.2) is 9.55 Å². The zero-order chi connectivity index (χ0) is 13.6. The first-order valence-electron chi connectivity index (χ1n) is 5.77. The van der Waals surface area contributed by atoms with Crippen LogP contribution in [0.2, 0.25) is 0 Å². The van der Waals surface area contributed by atoms with Crippen molar-refractivity contribution in [2.75, 3.05) is 5.73 Å². The first kappa shape index (κ1) is 11.6. The van der Waals surface area contributed by atoms with E-state index < -0.39 is 5.82 Å². The van der Waals surface area contributed by atoms with Gasteiger partial charge in [-0.3, -0.25) is 4.57 Å². The van der Waals surface area contributed by atoms with Gasteiger partial charge in [-0.25, -0.2) is 13.8 Å². The summed E-state index contributed by atoms with van der Waals surface area (Å²) in [5.74, 6) is -0.658. The SMILES string of the molecule is Cc1ccc(-n2c(N)nc3c(F)cccc32)cc1F. The number of hydrogen-bond acceptors (Lipinski definition) is 2. The van der Waals surface area contributed by atoms with Crippen molar-refractivity contribution in [1.82, 2.24) is 9.55 Å². The number of nitrogens with two attached hydrogens (primary N) is 1. The largest absolute Gasteiger partial charge is 0.369 e. The van der Waals surface area contributed by atoms with E-state index in [0.717, 1.165) is 0 Å². The fourth-order valence-electron chi connectivity index (χ4n) is 2.08. The minimum absolute atomic E-state index is 0.128. The molecule has 5 heteroatoms. The lowest BCUT2D eigenvalue weighted by Crippen LogP contribution is -2.01. The molecule has 3 rings (SSSR count). The van der Waals surface area contributed by atoms with Crippen LogP contribution in [-0.2, 0) is 0 Å². The summed E-state index contributed by atoms with van der Waals surface area (Å²) in [6.07, 6.45) is 0. The Kier molecular flexibility index (Phi) is 2.48. The predicted molar refractivity (Wildman–Crippen MR) is 70.1 cm³/mol. The van der Waals surface area contributed by atoms with E-state index in [-0.39, 0.29) is 17.3 Å². The van der Waals surface area contributed by atoms with Gasteiger partial charge in [-0.15, -0.1) is 0 Å². The van der Waals surface area contributed by atoms with Crippen LogP contribution in [0, 0.1) is 18.6 Å². The molecule has 0 saturated carbocycles. The maximum atomic E-state index is 13.6. The number of aryl methyl sites for hydroxylation is 1. The van der Waals surface area contributed by atoms with Crippen molar-refractivity contribution in [2.24, 2.45) is 0 Å². The summed E-state index contributed by atoms with van der Waals surface area (Å²) in [5.41, 5.74) is 7.56. The Bertz CT molecular complexity index is 778. The van der Waals surface area contributed by atoms with Crippen LogP contribution in [0.4, 0.5) is 14.7 Å². The van der Waals surface area contributed by atoms with Crippen molar-refractivity contribution >= 4 is 17.0 Å². The van der Waals surface area contributed by atoms with Crippen LogP contribution in [0.3, 0.4) is 0 Å². The van der Waals surface area contributed by atoms with Crippen molar-refractivity contribution in [1.29, 1.82) is 0 Å². The molecule has 96 valence electrons. The van der Waals surface area contributed by atoms with Crippen molar-refractivity contribution in [3.05, 3.63) is 53.6 Å². The van der Waals surface area contributed by atoms with Gasteiger partial charge in [-0.2, -0.15) is 0 Å². The van der Waals surface area contributed by atoms with Gasteiger partial charge >= 0.3 is 0 Å². The number of fused-ring (bicyclic) bond motifs is 1. The van der Waals surface area contributed by atoms with Crippen molar-refractivity contribution < 1.29 is 8.78 Å². The summed E-state index contributed by atoms with van der Waals surface area (Å²) >= 11 is 0. The highest BCUT2D eigenvalue weighted by Gasteiger charge is 2.13. The highest BCUT2D eigenvalue weighted by molar-refractivity contribution is 5.81. The smallest absolute Gasteiger partial charge is 0.206 e. The monoisotopic (exact) mass is 259 g/mol. The van der Waals surface area contributed by atoms with E-state index in [2.05, 4.69) is 4.98 Å². The van der Waals surface area contributed by atoms with Gasteiger partial charge in [-0.05, 0) is 36.8 Å². The summed E-state index contributed by atoms with van der Waals surface area (Å²) in [7, 11) is 0. The molecule has 0 aliphatic carbocycles. The lowest BCUT2D eigenvalue weighted by Gasteiger charge is -2.07. The average Bonchev–Trinajstić information content (AvgIpc) is 2.71. The molecule has 19 heavy (non-hydrogen) atoms. The molecule has 0 fully saturated rings. The second-order valence-corrected chi connectivity index (χ2v) is 4.35. The molecule has 0 bridgehead atoms. The molecule has 0 radical (unpaired) electrons. The van der Waals surface area contributed by atoms with Gasteiger partial charge in [0.15, 0.2) is 5.82 Å². The van der Waals surface area contributed by atoms with Gasteiger partial charge < -0.3 is 5.73 Å². The molecule has 1 heterocycles. The normalized spacial score (nSPS) is 11.1. The van der Waals surface area contributed by atoms with Crippen molar-refractivity contribution in [3.63, 3.8) is 0 Å². The Balaban J connectivity index is 2.33. The van der Waals surface area contributed by atoms with Crippen molar-refractivity contribution in [3.8, 4) is 5.69 Å². The summed E-state index contributed by atoms with van der Waals surface area (Å²) in [5, 5.41) is 0. The Hall–Kier alpha value is -2.43. The number of nitrogen functional groups attached to an aromatic ring is 1. The molecule has 2 aromatic carbocycles. The van der Waals surface area contributed by atoms with E-state index in [1.54, 1.807) is 31.2 Å². The number of halogens is 2. The summed E-state index contributed by atoms with van der Waals surface area (Å²) in [6.45, 7) is 1.67. The van der Waals surface area contributed by atoms with E-state index in [1.165, 1.54) is 16.7 Å². The number of anilines is 1. The van der Waals surface area contributed by atoms with Crippen molar-refractivity contribution in [2.45, 2.75) is 6.92 Å². The standard InChI is InChI=1S/C14H11F2N3/c1-8-5-6-9(7-11(8)16)19-12-4-2-3-10(15)13(12)18-14(19)17/h2-7H,1H3,(H2,17,18). The van der Waals surface area contributed by atoms with Crippen LogP contribution < -0.4 is 5.73 Å². The number of aromatic nitrogens is 2. The quantitative estimate of drug-likeness (QED) is 0.729. The van der Waals surface area contributed by atoms with E-state index in [0.29, 0.717) is 16.8 Å². The number of benzene rings is 2. The second kappa shape index (κ2) is 4.05. The highest BCUT2D eigenvalue weighted by atomic mass is 19.1. The lowest BCUT2D eigenvalue weighted by atomic mass is 10.2. The molecular weight excluding hydrogens is 248 g/mol. The third-order valence-electron chi connectivity index (χ3n) is 3.08. The van der Waals surface area contributed by atoms with Crippen LogP contribution in [0.5, 0.6) is 0 Å². The molecule has 0 aliphatic rings. The van der Waals surface area contributed by atoms with E-state index in [4.69, 9.17) is 5.73 Å². The Labute approximate surface area is 108 Å². The molecule has 3 aromatic rings. The summed E-state index contributed by atoms with van der Waals surface area (Å²) in [6, 6.07) is 9.31. The topological polar surface area (TPSA) is 43.8 Å². The lowest BCUT2D eigenvalue weighted by molar-refractivity contribution is 0.617. The summed E-state index contributed by atoms with van der Waals surface area (Å²) < 4.78 is 28.8. The molecule has 0 atom stereocenters. The van der Waals surface area contributed by atoms with Crippen LogP contribution in [0.1, 0.15) is 5.56 Å². The number of hydrogen-bond donors (Lipinski definition) is 1. The molecule has 2 N–H and O–H groups in total. The zero-order valence-electron chi connectivity index (χ0n) is 10.2. The molecule has 0 saturated heterocycles. The zero-order valence-corrected chi connectivity index (χ0v) is 10.2. The fraction of sp³-hybridized carbons (Fsp3) is 0.0714. The van der Waals surface area contributed by atoms with Gasteiger partial charge in [0.2, 0.25) is 5.95 Å². The van der Waals surface area contributed by atoms with E-state index in [9.17, 15) is 8.78 Å². The Morgan fingerprint density at radius 1 is 1.11 bits per heavy atom. The van der Waals surface area contributed by atoms with Crippen LogP contribution in [0.15, 0.2) is 36.4 Å². The number of imidazole rings is 1. The molecule has 3 nitrogen and oxygen atoms in total. The maximum Gasteiger partial charge on any atom is 0.206 e. The summed E-state index contributed by atoms with van der Waals surface area (Å²) in [4.78, 5) is 3.98. The Morgan fingerprint density at radius 3 is 2.63 bits per heavy atom. The van der Waals surface area contributed by atoms with Crippen LogP contribution in [0.25, 0.3) is 16.7 Å². The number of nitrogens with zero attached hydrogens (tertiary/aromatic N) is 2. The van der Waals surface area contributed by atoms with Gasteiger partial charge in [0, 0.05) is 0 Å². The average molecular weight is 259 g/mol. The minimum atomic E-state index is -0.449. The first-order chi connectivity index (χ1) is 9.08. The minimum Gasteiger partial charge on any atom is -0.369 e. The predicted octanol–water partition coefficient (Wildman–Crippen LogP) is 3.19. The first-order valence-corrected chi connectivity index (χ1v) is 5.77. The second-order valence-electron chi connectivity index (χ2n) is 4.35. The van der Waals surface area contributed by atoms with Gasteiger partial charge in [0.05, 0.1) is 11.2 Å². The van der Waals surface area contributed by atoms with Gasteiger partial charge in [-0.1, -0.05) is 12.1 Å². The third-order valence-corrected chi connectivity index (χ3v) is 3.08. The maximum absolute atomic E-state index is 13.6. The molecule has 0 spiro atoms. The molecule has 1 aromatic heterocycles. The number of para-hydroxylation sites is 1. The molecular formula is C14H11F2N3. The molecule has 0 aliphatic heterocycles. The van der Waals surface area contributed by atoms with E-state index in [1.807, 2.05) is 0 Å².